The molecule has 1 N–H and O–H groups in total. The topological polar surface area (TPSA) is 62.9 Å². The number of likely N-dealkylation sites (tertiary alicyclic amines) is 1. The van der Waals surface area contributed by atoms with Crippen molar-refractivity contribution in [3.63, 3.8) is 0 Å². The Bertz CT molecular complexity index is 1050. The lowest BCUT2D eigenvalue weighted by Gasteiger charge is -2.18. The molecule has 166 valence electrons. The van der Waals surface area contributed by atoms with E-state index in [4.69, 9.17) is 19.2 Å². The number of fused-ring (bicyclic) bond motifs is 3. The summed E-state index contributed by atoms with van der Waals surface area (Å²) in [5, 5.41) is 2.18. The zero-order valence-corrected chi connectivity index (χ0v) is 18.6. The summed E-state index contributed by atoms with van der Waals surface area (Å²) in [5.41, 5.74) is 1.99. The fourth-order valence-electron chi connectivity index (χ4n) is 4.94. The predicted molar refractivity (Wildman–Crippen MR) is 124 cm³/mol. The van der Waals surface area contributed by atoms with Crippen LogP contribution in [-0.2, 0) is 0 Å². The molecule has 0 atom stereocenters. The van der Waals surface area contributed by atoms with Crippen LogP contribution in [0.4, 0.5) is 5.82 Å². The van der Waals surface area contributed by atoms with Gasteiger partial charge in [0.05, 0.1) is 43.4 Å². The van der Waals surface area contributed by atoms with Crippen molar-refractivity contribution in [3.8, 4) is 17.2 Å². The van der Waals surface area contributed by atoms with Crippen LogP contribution >= 0.6 is 0 Å². The number of benzene rings is 1. The number of aromatic nitrogens is 2. The molecule has 0 unspecified atom stereocenters. The van der Waals surface area contributed by atoms with Crippen LogP contribution in [0.1, 0.15) is 32.1 Å². The maximum Gasteiger partial charge on any atom is 0.163 e. The lowest BCUT2D eigenvalue weighted by atomic mass is 10.1. The summed E-state index contributed by atoms with van der Waals surface area (Å²) in [7, 11) is 3.39. The van der Waals surface area contributed by atoms with Gasteiger partial charge in [-0.3, -0.25) is 0 Å². The molecule has 7 heteroatoms. The molecule has 31 heavy (non-hydrogen) atoms. The monoisotopic (exact) mass is 424 g/mol. The molecule has 3 aromatic rings. The molecule has 2 aromatic heterocycles. The van der Waals surface area contributed by atoms with Crippen LogP contribution in [0.25, 0.3) is 21.8 Å². The predicted octanol–water partition coefficient (Wildman–Crippen LogP) is 4.20. The summed E-state index contributed by atoms with van der Waals surface area (Å²) in [5.74, 6) is 3.30. The van der Waals surface area contributed by atoms with Crippen molar-refractivity contribution < 1.29 is 14.2 Å². The summed E-state index contributed by atoms with van der Waals surface area (Å²) < 4.78 is 17.5. The highest BCUT2D eigenvalue weighted by Gasteiger charge is 2.22. The summed E-state index contributed by atoms with van der Waals surface area (Å²) >= 11 is 0. The van der Waals surface area contributed by atoms with Gasteiger partial charge in [0.2, 0.25) is 0 Å². The minimum absolute atomic E-state index is 0.683. The Morgan fingerprint density at radius 3 is 2.42 bits per heavy atom. The summed E-state index contributed by atoms with van der Waals surface area (Å²) in [6, 6.07) is 4.13. The Labute approximate surface area is 183 Å². The van der Waals surface area contributed by atoms with E-state index in [0.29, 0.717) is 6.61 Å². The number of hydrogen-bond acceptors (Lipinski definition) is 6. The van der Waals surface area contributed by atoms with E-state index in [1.165, 1.54) is 38.8 Å². The van der Waals surface area contributed by atoms with Crippen molar-refractivity contribution in [3.05, 3.63) is 18.3 Å². The second-order valence-electron chi connectivity index (χ2n) is 8.52. The maximum absolute atomic E-state index is 6.15. The zero-order valence-electron chi connectivity index (χ0n) is 18.6. The third-order valence-electron chi connectivity index (χ3n) is 6.56. The Kier molecular flexibility index (Phi) is 5.76. The van der Waals surface area contributed by atoms with Crippen LogP contribution in [0.2, 0.25) is 0 Å². The fourth-order valence-corrected chi connectivity index (χ4v) is 4.94. The van der Waals surface area contributed by atoms with Gasteiger partial charge in [0, 0.05) is 31.1 Å². The number of nitrogens with one attached hydrogen (secondary N) is 1. The molecule has 5 rings (SSSR count). The maximum atomic E-state index is 6.15. The van der Waals surface area contributed by atoms with Crippen LogP contribution in [0.15, 0.2) is 18.3 Å². The minimum atomic E-state index is 0.683. The average molecular weight is 425 g/mol. The van der Waals surface area contributed by atoms with Gasteiger partial charge in [0.1, 0.15) is 5.82 Å². The summed E-state index contributed by atoms with van der Waals surface area (Å²) in [4.78, 5) is 13.2. The molecule has 0 spiro atoms. The van der Waals surface area contributed by atoms with Crippen molar-refractivity contribution in [2.75, 3.05) is 58.5 Å². The van der Waals surface area contributed by atoms with Gasteiger partial charge in [0.15, 0.2) is 17.2 Å². The normalized spacial score (nSPS) is 17.2. The van der Waals surface area contributed by atoms with Gasteiger partial charge < -0.3 is 29.0 Å². The molecule has 0 radical (unpaired) electrons. The highest BCUT2D eigenvalue weighted by atomic mass is 16.5. The number of pyridine rings is 1. The first-order valence-corrected chi connectivity index (χ1v) is 11.4. The second-order valence-corrected chi connectivity index (χ2v) is 8.52. The highest BCUT2D eigenvalue weighted by Crippen LogP contribution is 2.42. The van der Waals surface area contributed by atoms with Gasteiger partial charge in [-0.25, -0.2) is 4.98 Å². The van der Waals surface area contributed by atoms with Crippen LogP contribution in [-0.4, -0.2) is 68.4 Å². The lowest BCUT2D eigenvalue weighted by molar-refractivity contribution is 0.254. The van der Waals surface area contributed by atoms with Crippen LogP contribution < -0.4 is 19.1 Å². The Hall–Kier alpha value is -2.67. The molecule has 7 nitrogen and oxygen atoms in total. The van der Waals surface area contributed by atoms with Crippen molar-refractivity contribution in [1.82, 2.24) is 14.9 Å². The molecule has 2 fully saturated rings. The van der Waals surface area contributed by atoms with Gasteiger partial charge in [-0.15, -0.1) is 0 Å². The van der Waals surface area contributed by atoms with E-state index in [2.05, 4.69) is 26.9 Å². The number of hydrogen-bond donors (Lipinski definition) is 1. The number of ether oxygens (including phenoxy) is 3. The standard InChI is InChI=1S/C24H32N4O3/c1-29-19-14-17-18(15-20(19)31-13-7-10-27-8-3-4-9-27)26-23-21(30-2)16-25-24(22(17)23)28-11-5-6-12-28/h14-16,26H,3-13H2,1-2H3. The van der Waals surface area contributed by atoms with Crippen molar-refractivity contribution in [2.24, 2.45) is 0 Å². The largest absolute Gasteiger partial charge is 0.493 e. The van der Waals surface area contributed by atoms with Crippen LogP contribution in [0, 0.1) is 0 Å². The third-order valence-corrected chi connectivity index (χ3v) is 6.56. The Morgan fingerprint density at radius 1 is 0.935 bits per heavy atom. The Balaban J connectivity index is 1.47. The number of methoxy groups -OCH3 is 2. The number of nitrogens with zero attached hydrogens (tertiary/aromatic N) is 3. The Morgan fingerprint density at radius 2 is 1.68 bits per heavy atom. The summed E-state index contributed by atoms with van der Waals surface area (Å²) in [6.07, 6.45) is 7.89. The van der Waals surface area contributed by atoms with E-state index in [1.807, 2.05) is 6.20 Å². The van der Waals surface area contributed by atoms with Crippen molar-refractivity contribution >= 4 is 27.6 Å². The lowest BCUT2D eigenvalue weighted by Crippen LogP contribution is -2.21. The van der Waals surface area contributed by atoms with E-state index in [0.717, 1.165) is 70.9 Å². The first kappa shape index (κ1) is 20.2. The van der Waals surface area contributed by atoms with Gasteiger partial charge in [0.25, 0.3) is 0 Å². The first-order valence-electron chi connectivity index (χ1n) is 11.4. The van der Waals surface area contributed by atoms with Gasteiger partial charge >= 0.3 is 0 Å². The molecule has 2 aliphatic rings. The van der Waals surface area contributed by atoms with E-state index in [9.17, 15) is 0 Å². The average Bonchev–Trinajstić information content (AvgIpc) is 3.56. The number of aromatic amines is 1. The van der Waals surface area contributed by atoms with Crippen LogP contribution in [0.3, 0.4) is 0 Å². The zero-order chi connectivity index (χ0) is 21.2. The van der Waals surface area contributed by atoms with E-state index in [-0.39, 0.29) is 0 Å². The fraction of sp³-hybridized carbons (Fsp3) is 0.542. The molecule has 0 saturated carbocycles. The van der Waals surface area contributed by atoms with Crippen LogP contribution in [0.5, 0.6) is 17.2 Å². The molecule has 4 heterocycles. The SMILES string of the molecule is COc1cc2c(cc1OCCCN1CCCC1)[nH]c1c(OC)cnc(N3CCCC3)c12. The quantitative estimate of drug-likeness (QED) is 0.547. The van der Waals surface area contributed by atoms with Gasteiger partial charge in [-0.2, -0.15) is 0 Å². The van der Waals surface area contributed by atoms with Gasteiger partial charge in [-0.05, 0) is 51.3 Å². The molecular weight excluding hydrogens is 392 g/mol. The molecule has 2 aliphatic heterocycles. The molecule has 2 saturated heterocycles. The molecule has 0 bridgehead atoms. The molecule has 0 aliphatic carbocycles. The van der Waals surface area contributed by atoms with E-state index >= 15 is 0 Å². The molecule has 0 amide bonds. The first-order chi connectivity index (χ1) is 15.3. The summed E-state index contributed by atoms with van der Waals surface area (Å²) in [6.45, 7) is 6.30. The smallest absolute Gasteiger partial charge is 0.163 e. The van der Waals surface area contributed by atoms with E-state index < -0.39 is 0 Å². The number of rotatable bonds is 8. The number of H-pyrrole nitrogens is 1. The van der Waals surface area contributed by atoms with E-state index in [1.54, 1.807) is 14.2 Å². The van der Waals surface area contributed by atoms with Crippen molar-refractivity contribution in [2.45, 2.75) is 32.1 Å². The third kappa shape index (κ3) is 3.87. The second kappa shape index (κ2) is 8.83. The van der Waals surface area contributed by atoms with Gasteiger partial charge in [-0.1, -0.05) is 0 Å². The minimum Gasteiger partial charge on any atom is -0.493 e. The number of anilines is 1. The van der Waals surface area contributed by atoms with Crippen molar-refractivity contribution in [1.29, 1.82) is 0 Å². The highest BCUT2D eigenvalue weighted by molar-refractivity contribution is 6.15. The molecular formula is C24H32N4O3. The molecule has 1 aromatic carbocycles.